The molecule has 3 rings (SSSR count). The van der Waals surface area contributed by atoms with Gasteiger partial charge in [-0.1, -0.05) is 12.1 Å². The van der Waals surface area contributed by atoms with E-state index < -0.39 is 4.92 Å². The van der Waals surface area contributed by atoms with Crippen LogP contribution < -0.4 is 0 Å². The summed E-state index contributed by atoms with van der Waals surface area (Å²) < 4.78 is 0. The molecule has 0 saturated carbocycles. The Morgan fingerprint density at radius 1 is 1.36 bits per heavy atom. The number of nitro benzene ring substituents is 1. The number of amides is 1. The van der Waals surface area contributed by atoms with Crippen LogP contribution in [0.25, 0.3) is 0 Å². The van der Waals surface area contributed by atoms with Gasteiger partial charge in [-0.15, -0.1) is 11.3 Å². The summed E-state index contributed by atoms with van der Waals surface area (Å²) in [5.41, 5.74) is 2.10. The Hall–Kier alpha value is -2.21. The number of hydrogen-bond donors (Lipinski definition) is 0. The molecule has 22 heavy (non-hydrogen) atoms. The summed E-state index contributed by atoms with van der Waals surface area (Å²) in [7, 11) is 0. The summed E-state index contributed by atoms with van der Waals surface area (Å²) in [5, 5.41) is 12.7. The largest absolute Gasteiger partial charge is 0.335 e. The topological polar surface area (TPSA) is 63.5 Å². The zero-order valence-corrected chi connectivity index (χ0v) is 13.0. The van der Waals surface area contributed by atoms with E-state index in [2.05, 4.69) is 18.4 Å². The summed E-state index contributed by atoms with van der Waals surface area (Å²) in [6.45, 7) is 2.79. The number of rotatable bonds is 3. The van der Waals surface area contributed by atoms with Gasteiger partial charge in [-0.2, -0.15) is 0 Å². The Morgan fingerprint density at radius 2 is 2.09 bits per heavy atom. The fraction of sp³-hybridized carbons (Fsp3) is 0.312. The number of fused-ring (bicyclic) bond motifs is 1. The van der Waals surface area contributed by atoms with Crippen molar-refractivity contribution in [3.05, 3.63) is 61.8 Å². The molecule has 1 aliphatic rings. The molecule has 0 unspecified atom stereocenters. The molecule has 1 amide bonds. The van der Waals surface area contributed by atoms with Crippen LogP contribution in [0.4, 0.5) is 5.69 Å². The molecule has 114 valence electrons. The van der Waals surface area contributed by atoms with Crippen molar-refractivity contribution < 1.29 is 9.72 Å². The maximum atomic E-state index is 12.5. The smallest absolute Gasteiger partial charge is 0.269 e. The van der Waals surface area contributed by atoms with E-state index in [1.165, 1.54) is 22.6 Å². The van der Waals surface area contributed by atoms with Crippen molar-refractivity contribution in [2.24, 2.45) is 0 Å². The Labute approximate surface area is 132 Å². The highest BCUT2D eigenvalue weighted by Gasteiger charge is 2.28. The van der Waals surface area contributed by atoms with Crippen molar-refractivity contribution in [3.8, 4) is 0 Å². The maximum Gasteiger partial charge on any atom is 0.269 e. The first kappa shape index (κ1) is 14.7. The molecule has 1 atom stereocenters. The predicted molar refractivity (Wildman–Crippen MR) is 85.0 cm³/mol. The molecule has 1 aliphatic heterocycles. The van der Waals surface area contributed by atoms with Gasteiger partial charge in [-0.05, 0) is 35.9 Å². The average Bonchev–Trinajstić information content (AvgIpc) is 2.97. The Kier molecular flexibility index (Phi) is 3.94. The first-order chi connectivity index (χ1) is 10.6. The van der Waals surface area contributed by atoms with Crippen LogP contribution >= 0.6 is 11.3 Å². The number of hydrogen-bond acceptors (Lipinski definition) is 4. The second-order valence-electron chi connectivity index (χ2n) is 5.41. The van der Waals surface area contributed by atoms with Crippen LogP contribution in [0.1, 0.15) is 29.0 Å². The van der Waals surface area contributed by atoms with E-state index in [-0.39, 0.29) is 24.1 Å². The fourth-order valence-corrected chi connectivity index (χ4v) is 3.82. The lowest BCUT2D eigenvalue weighted by atomic mass is 10.0. The third kappa shape index (κ3) is 2.74. The molecule has 2 aromatic rings. The average molecular weight is 316 g/mol. The molecule has 0 aliphatic carbocycles. The van der Waals surface area contributed by atoms with Gasteiger partial charge in [0, 0.05) is 23.6 Å². The first-order valence-electron chi connectivity index (χ1n) is 7.15. The molecule has 2 heterocycles. The van der Waals surface area contributed by atoms with Crippen molar-refractivity contribution in [1.29, 1.82) is 0 Å². The number of thiophene rings is 1. The molecule has 0 bridgehead atoms. The fourth-order valence-electron chi connectivity index (χ4n) is 2.86. The minimum absolute atomic E-state index is 0.0467. The van der Waals surface area contributed by atoms with Crippen LogP contribution in [0.5, 0.6) is 0 Å². The van der Waals surface area contributed by atoms with Crippen LogP contribution in [0.2, 0.25) is 0 Å². The van der Waals surface area contributed by atoms with E-state index in [1.807, 2.05) is 4.90 Å². The first-order valence-corrected chi connectivity index (χ1v) is 8.03. The quantitative estimate of drug-likeness (QED) is 0.644. The van der Waals surface area contributed by atoms with Crippen LogP contribution in [-0.2, 0) is 17.6 Å². The van der Waals surface area contributed by atoms with E-state index in [4.69, 9.17) is 0 Å². The van der Waals surface area contributed by atoms with Gasteiger partial charge in [0.25, 0.3) is 5.69 Å². The van der Waals surface area contributed by atoms with Gasteiger partial charge in [0.05, 0.1) is 17.4 Å². The van der Waals surface area contributed by atoms with Crippen LogP contribution in [0.15, 0.2) is 35.7 Å². The number of benzene rings is 1. The third-order valence-corrected chi connectivity index (χ3v) is 5.10. The lowest BCUT2D eigenvalue weighted by Gasteiger charge is -2.33. The van der Waals surface area contributed by atoms with Crippen molar-refractivity contribution in [2.45, 2.75) is 25.8 Å². The number of nitrogens with zero attached hydrogens (tertiary/aromatic N) is 2. The van der Waals surface area contributed by atoms with Crippen molar-refractivity contribution in [1.82, 2.24) is 4.90 Å². The maximum absolute atomic E-state index is 12.5. The van der Waals surface area contributed by atoms with Gasteiger partial charge in [0.15, 0.2) is 0 Å². The Balaban J connectivity index is 1.71. The van der Waals surface area contributed by atoms with Gasteiger partial charge in [0.1, 0.15) is 0 Å². The molecule has 0 spiro atoms. The van der Waals surface area contributed by atoms with E-state index >= 15 is 0 Å². The molecule has 1 aromatic heterocycles. The summed E-state index contributed by atoms with van der Waals surface area (Å²) in [6.07, 6.45) is 1.19. The Bertz CT molecular complexity index is 708. The van der Waals surface area contributed by atoms with E-state index in [0.29, 0.717) is 0 Å². The molecule has 0 saturated heterocycles. The molecule has 5 nitrogen and oxygen atoms in total. The van der Waals surface area contributed by atoms with Crippen molar-refractivity contribution >= 4 is 22.9 Å². The van der Waals surface area contributed by atoms with Gasteiger partial charge < -0.3 is 4.90 Å². The molecule has 0 N–H and O–H groups in total. The normalized spacial score (nSPS) is 17.1. The van der Waals surface area contributed by atoms with Gasteiger partial charge in [0.2, 0.25) is 5.91 Å². The lowest BCUT2D eigenvalue weighted by molar-refractivity contribution is -0.384. The molecule has 0 radical (unpaired) electrons. The van der Waals surface area contributed by atoms with Gasteiger partial charge in [-0.3, -0.25) is 14.9 Å². The predicted octanol–water partition coefficient (Wildman–Crippen LogP) is 3.34. The minimum Gasteiger partial charge on any atom is -0.335 e. The second kappa shape index (κ2) is 5.88. The molecular weight excluding hydrogens is 300 g/mol. The highest BCUT2D eigenvalue weighted by atomic mass is 32.1. The number of carbonyl (C=O) groups is 1. The summed E-state index contributed by atoms with van der Waals surface area (Å²) >= 11 is 1.75. The van der Waals surface area contributed by atoms with E-state index in [1.54, 1.807) is 23.5 Å². The summed E-state index contributed by atoms with van der Waals surface area (Å²) in [5.74, 6) is 0.0678. The Morgan fingerprint density at radius 3 is 2.77 bits per heavy atom. The van der Waals surface area contributed by atoms with Crippen LogP contribution in [-0.4, -0.2) is 22.3 Å². The van der Waals surface area contributed by atoms with Crippen molar-refractivity contribution in [2.75, 3.05) is 6.54 Å². The molecule has 0 fully saturated rings. The number of nitro groups is 1. The van der Waals surface area contributed by atoms with Crippen LogP contribution in [0, 0.1) is 10.1 Å². The minimum atomic E-state index is -0.434. The van der Waals surface area contributed by atoms with Gasteiger partial charge in [-0.25, -0.2) is 0 Å². The van der Waals surface area contributed by atoms with Crippen LogP contribution in [0.3, 0.4) is 0 Å². The standard InChI is InChI=1S/C16H16N2O3S/c1-11-14-7-9-22-15(14)6-8-17(11)16(19)10-12-2-4-13(5-3-12)18(20)21/h2-5,7,9,11H,6,8,10H2,1H3/t11-/m1/s1. The summed E-state index contributed by atoms with van der Waals surface area (Å²) in [4.78, 5) is 26.0. The third-order valence-electron chi connectivity index (χ3n) is 4.10. The lowest BCUT2D eigenvalue weighted by Crippen LogP contribution is -2.39. The molecule has 1 aromatic carbocycles. The monoisotopic (exact) mass is 316 g/mol. The zero-order chi connectivity index (χ0) is 15.7. The number of carbonyl (C=O) groups excluding carboxylic acids is 1. The van der Waals surface area contributed by atoms with Crippen molar-refractivity contribution in [3.63, 3.8) is 0 Å². The van der Waals surface area contributed by atoms with Gasteiger partial charge >= 0.3 is 0 Å². The summed E-state index contributed by atoms with van der Waals surface area (Å²) in [6, 6.07) is 8.39. The highest BCUT2D eigenvalue weighted by molar-refractivity contribution is 7.10. The molecule has 6 heteroatoms. The zero-order valence-electron chi connectivity index (χ0n) is 12.2. The van der Waals surface area contributed by atoms with E-state index in [9.17, 15) is 14.9 Å². The molecular formula is C16H16N2O3S. The number of non-ortho nitro benzene ring substituents is 1. The van der Waals surface area contributed by atoms with E-state index in [0.717, 1.165) is 18.5 Å². The second-order valence-corrected chi connectivity index (χ2v) is 6.41. The SMILES string of the molecule is C[C@@H]1c2ccsc2CCN1C(=O)Cc1ccc([N+](=O)[O-])cc1. The highest BCUT2D eigenvalue weighted by Crippen LogP contribution is 2.33.